The second-order valence-corrected chi connectivity index (χ2v) is 6.83. The van der Waals surface area contributed by atoms with Crippen LogP contribution in [-0.4, -0.2) is 28.4 Å². The highest BCUT2D eigenvalue weighted by Gasteiger charge is 2.22. The van der Waals surface area contributed by atoms with Gasteiger partial charge in [-0.3, -0.25) is 4.79 Å². The summed E-state index contributed by atoms with van der Waals surface area (Å²) in [5.74, 6) is 1.48. The second kappa shape index (κ2) is 7.76. The third-order valence-corrected chi connectivity index (χ3v) is 4.68. The van der Waals surface area contributed by atoms with Gasteiger partial charge in [0.05, 0.1) is 24.1 Å². The minimum absolute atomic E-state index is 0.165. The number of carbonyl (C=O) groups is 1. The molecule has 6 heteroatoms. The van der Waals surface area contributed by atoms with E-state index in [2.05, 4.69) is 10.4 Å². The van der Waals surface area contributed by atoms with Crippen molar-refractivity contribution >= 4 is 5.91 Å². The summed E-state index contributed by atoms with van der Waals surface area (Å²) < 4.78 is 13.3. The van der Waals surface area contributed by atoms with Gasteiger partial charge < -0.3 is 14.8 Å². The Hall–Kier alpha value is -3.28. The summed E-state index contributed by atoms with van der Waals surface area (Å²) in [6, 6.07) is 13.7. The highest BCUT2D eigenvalue weighted by atomic mass is 16.5. The van der Waals surface area contributed by atoms with E-state index in [1.54, 1.807) is 17.1 Å². The fourth-order valence-electron chi connectivity index (χ4n) is 3.35. The van der Waals surface area contributed by atoms with Gasteiger partial charge in [-0.25, -0.2) is 4.68 Å². The van der Waals surface area contributed by atoms with E-state index in [4.69, 9.17) is 9.47 Å². The summed E-state index contributed by atoms with van der Waals surface area (Å²) in [5, 5.41) is 7.23. The van der Waals surface area contributed by atoms with Gasteiger partial charge in [-0.05, 0) is 38.1 Å². The van der Waals surface area contributed by atoms with Crippen LogP contribution in [0.2, 0.25) is 0 Å². The lowest BCUT2D eigenvalue weighted by Crippen LogP contribution is -2.22. The number of hydrogen-bond acceptors (Lipinski definition) is 4. The number of amides is 1. The maximum Gasteiger partial charge on any atom is 0.254 e. The van der Waals surface area contributed by atoms with Crippen molar-refractivity contribution in [3.8, 4) is 17.2 Å². The Morgan fingerprint density at radius 2 is 2.14 bits per heavy atom. The molecule has 0 bridgehead atoms. The molecule has 1 aromatic heterocycles. The Morgan fingerprint density at radius 3 is 2.93 bits per heavy atom. The predicted octanol–water partition coefficient (Wildman–Crippen LogP) is 3.52. The first kappa shape index (κ1) is 18.1. The van der Waals surface area contributed by atoms with E-state index >= 15 is 0 Å². The summed E-state index contributed by atoms with van der Waals surface area (Å²) >= 11 is 0. The highest BCUT2D eigenvalue weighted by molar-refractivity contribution is 5.93. The van der Waals surface area contributed by atoms with Crippen molar-refractivity contribution in [1.82, 2.24) is 15.1 Å². The highest BCUT2D eigenvalue weighted by Crippen LogP contribution is 2.35. The summed E-state index contributed by atoms with van der Waals surface area (Å²) in [5.41, 5.74) is 3.46. The molecule has 0 fully saturated rings. The first-order valence-electron chi connectivity index (χ1n) is 9.47. The molecule has 3 aromatic rings. The van der Waals surface area contributed by atoms with E-state index in [0.717, 1.165) is 34.7 Å². The average Bonchev–Trinajstić information content (AvgIpc) is 3.33. The molecule has 1 N–H and O–H groups in total. The van der Waals surface area contributed by atoms with Gasteiger partial charge in [0.25, 0.3) is 5.91 Å². The van der Waals surface area contributed by atoms with Gasteiger partial charge in [0, 0.05) is 30.3 Å². The number of carbonyl (C=O) groups excluding carboxylic acids is 1. The molecule has 0 saturated heterocycles. The van der Waals surface area contributed by atoms with E-state index in [9.17, 15) is 4.79 Å². The lowest BCUT2D eigenvalue weighted by molar-refractivity contribution is 0.0950. The van der Waals surface area contributed by atoms with Crippen LogP contribution in [0.3, 0.4) is 0 Å². The quantitative estimate of drug-likeness (QED) is 0.714. The van der Waals surface area contributed by atoms with Crippen LogP contribution in [0.25, 0.3) is 5.69 Å². The molecule has 1 aliphatic rings. The monoisotopic (exact) mass is 377 g/mol. The van der Waals surface area contributed by atoms with Crippen molar-refractivity contribution in [2.45, 2.75) is 32.9 Å². The summed E-state index contributed by atoms with van der Waals surface area (Å²) in [6.07, 6.45) is 4.33. The van der Waals surface area contributed by atoms with Crippen LogP contribution < -0.4 is 14.8 Å². The van der Waals surface area contributed by atoms with E-state index in [1.165, 1.54) is 0 Å². The number of para-hydroxylation sites is 1. The maximum absolute atomic E-state index is 12.6. The predicted molar refractivity (Wildman–Crippen MR) is 106 cm³/mol. The molecular formula is C22H23N3O3. The number of benzene rings is 2. The molecule has 144 valence electrons. The normalized spacial score (nSPS) is 15.0. The van der Waals surface area contributed by atoms with Gasteiger partial charge in [0.2, 0.25) is 0 Å². The zero-order chi connectivity index (χ0) is 19.5. The van der Waals surface area contributed by atoms with Gasteiger partial charge in [-0.1, -0.05) is 18.2 Å². The van der Waals surface area contributed by atoms with E-state index in [0.29, 0.717) is 18.7 Å². The molecule has 28 heavy (non-hydrogen) atoms. The number of nitrogens with zero attached hydrogens (tertiary/aromatic N) is 2. The van der Waals surface area contributed by atoms with Crippen molar-refractivity contribution in [1.29, 1.82) is 0 Å². The van der Waals surface area contributed by atoms with Gasteiger partial charge in [0.1, 0.15) is 17.6 Å². The molecule has 1 aliphatic heterocycles. The molecule has 1 amide bonds. The largest absolute Gasteiger partial charge is 0.494 e. The zero-order valence-electron chi connectivity index (χ0n) is 16.0. The van der Waals surface area contributed by atoms with E-state index < -0.39 is 0 Å². The van der Waals surface area contributed by atoms with Crippen LogP contribution in [-0.2, 0) is 13.0 Å². The second-order valence-electron chi connectivity index (χ2n) is 6.83. The lowest BCUT2D eigenvalue weighted by atomic mass is 10.1. The topological polar surface area (TPSA) is 65.4 Å². The van der Waals surface area contributed by atoms with Gasteiger partial charge in [0.15, 0.2) is 0 Å². The Kier molecular flexibility index (Phi) is 5.02. The van der Waals surface area contributed by atoms with E-state index in [-0.39, 0.29) is 12.0 Å². The molecule has 0 spiro atoms. The van der Waals surface area contributed by atoms with Crippen LogP contribution in [0.5, 0.6) is 11.5 Å². The molecule has 2 heterocycles. The Bertz CT molecular complexity index is 982. The van der Waals surface area contributed by atoms with Crippen molar-refractivity contribution in [3.05, 3.63) is 71.5 Å². The van der Waals surface area contributed by atoms with Crippen LogP contribution in [0.4, 0.5) is 0 Å². The Morgan fingerprint density at radius 1 is 1.32 bits per heavy atom. The zero-order valence-corrected chi connectivity index (χ0v) is 16.0. The average molecular weight is 377 g/mol. The smallest absolute Gasteiger partial charge is 0.254 e. The van der Waals surface area contributed by atoms with Gasteiger partial charge in [-0.15, -0.1) is 0 Å². The standard InChI is InChI=1S/C22H23N3O3/c1-3-27-20-10-16-9-15(2)28-21(16)11-17(20)12-23-22(26)18-13-24-25(14-18)19-7-5-4-6-8-19/h4-8,10-11,13-15H,3,9,12H2,1-2H3,(H,23,26)/t15-/m0/s1. The summed E-state index contributed by atoms with van der Waals surface area (Å²) in [6.45, 7) is 4.93. The fourth-order valence-corrected chi connectivity index (χ4v) is 3.35. The number of nitrogens with one attached hydrogen (secondary N) is 1. The Labute approximate surface area is 164 Å². The molecule has 1 atom stereocenters. The molecule has 0 aliphatic carbocycles. The van der Waals surface area contributed by atoms with Crippen LogP contribution in [0.1, 0.15) is 35.3 Å². The SMILES string of the molecule is CCOc1cc2c(cc1CNC(=O)c1cnn(-c3ccccc3)c1)O[C@@H](C)C2. The number of fused-ring (bicyclic) bond motifs is 1. The van der Waals surface area contributed by atoms with Crippen molar-refractivity contribution in [2.75, 3.05) is 6.61 Å². The number of aromatic nitrogens is 2. The third kappa shape index (κ3) is 3.71. The number of hydrogen-bond donors (Lipinski definition) is 1. The fraction of sp³-hybridized carbons (Fsp3) is 0.273. The van der Waals surface area contributed by atoms with Gasteiger partial charge in [-0.2, -0.15) is 5.10 Å². The van der Waals surface area contributed by atoms with Crippen LogP contribution >= 0.6 is 0 Å². The minimum atomic E-state index is -0.181. The lowest BCUT2D eigenvalue weighted by Gasteiger charge is -2.13. The maximum atomic E-state index is 12.6. The first-order valence-corrected chi connectivity index (χ1v) is 9.47. The molecule has 2 aromatic carbocycles. The molecular weight excluding hydrogens is 354 g/mol. The molecule has 0 radical (unpaired) electrons. The molecule has 4 rings (SSSR count). The van der Waals surface area contributed by atoms with Crippen molar-refractivity contribution in [2.24, 2.45) is 0 Å². The molecule has 0 saturated carbocycles. The number of rotatable bonds is 6. The third-order valence-electron chi connectivity index (χ3n) is 4.68. The van der Waals surface area contributed by atoms with E-state index in [1.807, 2.05) is 56.3 Å². The molecule has 6 nitrogen and oxygen atoms in total. The summed E-state index contributed by atoms with van der Waals surface area (Å²) in [7, 11) is 0. The number of ether oxygens (including phenoxy) is 2. The van der Waals surface area contributed by atoms with Crippen molar-refractivity contribution < 1.29 is 14.3 Å². The summed E-state index contributed by atoms with van der Waals surface area (Å²) in [4.78, 5) is 12.6. The van der Waals surface area contributed by atoms with Crippen molar-refractivity contribution in [3.63, 3.8) is 0 Å². The first-order chi connectivity index (χ1) is 13.6. The van der Waals surface area contributed by atoms with Crippen LogP contribution in [0.15, 0.2) is 54.9 Å². The Balaban J connectivity index is 1.48. The van der Waals surface area contributed by atoms with Crippen LogP contribution in [0, 0.1) is 0 Å². The molecule has 0 unspecified atom stereocenters. The minimum Gasteiger partial charge on any atom is -0.494 e. The van der Waals surface area contributed by atoms with Gasteiger partial charge >= 0.3 is 0 Å².